The highest BCUT2D eigenvalue weighted by molar-refractivity contribution is 5.74. The van der Waals surface area contributed by atoms with E-state index in [1.165, 1.54) is 19.3 Å². The first-order valence-electron chi connectivity index (χ1n) is 16.7. The van der Waals surface area contributed by atoms with Crippen molar-refractivity contribution in [3.63, 3.8) is 0 Å². The molecule has 2 aliphatic heterocycles. The molecule has 1 aromatic heterocycles. The first-order valence-corrected chi connectivity index (χ1v) is 16.7. The standard InChI is InChI=1S/C34H49N3O7/c1-21(38)43-28-27(22-7-8-26(39)42-20-22)32(3)13-10-24-25(34(32)29(28)44-34)11-14-33(41)19-23(9-12-31(24,33)2)36(5)30(40)37-16-6-15-35(4)17-18-37/h7-8,20,23-25,27-29,41H,6,9-19H2,1-5H3/t23-,24-,25+,27-,28+,29+,31+,32+,33-,34+/m0/s1. The number of carbonyl (C=O) groups excluding carboxylic acids is 2. The van der Waals surface area contributed by atoms with E-state index >= 15 is 0 Å². The van der Waals surface area contributed by atoms with Crippen LogP contribution in [-0.2, 0) is 14.3 Å². The van der Waals surface area contributed by atoms with Gasteiger partial charge in [0.05, 0.1) is 11.9 Å². The van der Waals surface area contributed by atoms with Gasteiger partial charge in [-0.2, -0.15) is 0 Å². The number of carbonyl (C=O) groups is 2. The van der Waals surface area contributed by atoms with Crippen molar-refractivity contribution in [3.05, 3.63) is 34.4 Å². The van der Waals surface area contributed by atoms with Crippen LogP contribution in [0.25, 0.3) is 0 Å². The SMILES string of the molecule is CC(=O)O[C@H]1[C@H]2O[C@]23[C@@H]2CC[C@]4(O)C[C@@H](N(C)C(=O)N5CCCN(C)CC5)CC[C@]4(C)[C@H]2CC[C@]3(C)[C@H]1c1ccc(=O)oc1. The summed E-state index contributed by atoms with van der Waals surface area (Å²) in [6.45, 7) is 9.40. The third kappa shape index (κ3) is 4.19. The molecule has 0 aromatic carbocycles. The molecule has 6 aliphatic rings. The van der Waals surface area contributed by atoms with Gasteiger partial charge in [-0.1, -0.05) is 13.8 Å². The number of urea groups is 1. The van der Waals surface area contributed by atoms with E-state index in [1.54, 1.807) is 0 Å². The Hall–Kier alpha value is -2.43. The first-order chi connectivity index (χ1) is 20.8. The summed E-state index contributed by atoms with van der Waals surface area (Å²) >= 11 is 0. The number of ether oxygens (including phenoxy) is 2. The fourth-order valence-corrected chi connectivity index (χ4v) is 11.0. The average molecular weight is 612 g/mol. The molecule has 0 unspecified atom stereocenters. The van der Waals surface area contributed by atoms with Gasteiger partial charge in [0.25, 0.3) is 0 Å². The number of rotatable bonds is 3. The number of nitrogens with zero attached hydrogens (tertiary/aromatic N) is 3. The van der Waals surface area contributed by atoms with Crippen LogP contribution in [0.3, 0.4) is 0 Å². The van der Waals surface area contributed by atoms with Crippen molar-refractivity contribution in [2.45, 2.75) is 108 Å². The Morgan fingerprint density at radius 2 is 1.77 bits per heavy atom. The summed E-state index contributed by atoms with van der Waals surface area (Å²) in [5.41, 5.74) is -1.46. The van der Waals surface area contributed by atoms with Crippen molar-refractivity contribution < 1.29 is 28.6 Å². The molecular weight excluding hydrogens is 562 g/mol. The normalized spacial score (nSPS) is 44.8. The van der Waals surface area contributed by atoms with Crippen LogP contribution in [-0.4, -0.2) is 102 Å². The van der Waals surface area contributed by atoms with Crippen LogP contribution in [0.5, 0.6) is 0 Å². The maximum atomic E-state index is 13.6. The quantitative estimate of drug-likeness (QED) is 0.407. The largest absolute Gasteiger partial charge is 0.459 e. The third-order valence-electron chi connectivity index (χ3n) is 13.4. The van der Waals surface area contributed by atoms with Crippen LogP contribution < -0.4 is 5.63 Å². The molecule has 6 fully saturated rings. The zero-order valence-electron chi connectivity index (χ0n) is 26.9. The summed E-state index contributed by atoms with van der Waals surface area (Å²) in [7, 11) is 4.03. The second-order valence-corrected chi connectivity index (χ2v) is 15.4. The number of esters is 1. The maximum Gasteiger partial charge on any atom is 0.335 e. The number of epoxide rings is 1. The number of aliphatic hydroxyl groups is 1. The van der Waals surface area contributed by atoms with Crippen LogP contribution in [0.2, 0.25) is 0 Å². The molecule has 0 radical (unpaired) electrons. The van der Waals surface area contributed by atoms with Gasteiger partial charge in [0.1, 0.15) is 17.8 Å². The van der Waals surface area contributed by atoms with E-state index in [9.17, 15) is 19.5 Å². The van der Waals surface area contributed by atoms with Gasteiger partial charge in [-0.05, 0) is 93.8 Å². The number of hydrogen-bond donors (Lipinski definition) is 1. The molecule has 10 nitrogen and oxygen atoms in total. The summed E-state index contributed by atoms with van der Waals surface area (Å²) in [6, 6.07) is 3.34. The van der Waals surface area contributed by atoms with E-state index in [-0.39, 0.29) is 52.7 Å². The monoisotopic (exact) mass is 611 g/mol. The molecule has 4 aliphatic carbocycles. The maximum absolute atomic E-state index is 13.6. The van der Waals surface area contributed by atoms with Gasteiger partial charge in [-0.3, -0.25) is 4.79 Å². The number of hydrogen-bond acceptors (Lipinski definition) is 8. The Labute approximate surface area is 260 Å². The lowest BCUT2D eigenvalue weighted by molar-refractivity contribution is -0.218. The molecule has 1 spiro atoms. The van der Waals surface area contributed by atoms with Gasteiger partial charge in [-0.25, -0.2) is 9.59 Å². The minimum absolute atomic E-state index is 0.00648. The molecule has 7 rings (SSSR count). The van der Waals surface area contributed by atoms with Crippen LogP contribution in [0.15, 0.2) is 27.6 Å². The molecule has 1 N–H and O–H groups in total. The Kier molecular flexibility index (Phi) is 7.07. The van der Waals surface area contributed by atoms with E-state index in [1.807, 2.05) is 22.9 Å². The van der Waals surface area contributed by atoms with E-state index < -0.39 is 22.9 Å². The predicted octanol–water partition coefficient (Wildman–Crippen LogP) is 3.61. The Balaban J connectivity index is 1.14. The van der Waals surface area contributed by atoms with Crippen molar-refractivity contribution in [3.8, 4) is 0 Å². The molecule has 242 valence electrons. The summed E-state index contributed by atoms with van der Waals surface area (Å²) in [6.07, 6.45) is 7.46. The highest BCUT2D eigenvalue weighted by Gasteiger charge is 2.85. The number of amides is 2. The second-order valence-electron chi connectivity index (χ2n) is 15.4. The zero-order valence-corrected chi connectivity index (χ0v) is 26.9. The third-order valence-corrected chi connectivity index (χ3v) is 13.4. The Morgan fingerprint density at radius 3 is 2.50 bits per heavy atom. The van der Waals surface area contributed by atoms with E-state index in [0.29, 0.717) is 12.8 Å². The lowest BCUT2D eigenvalue weighted by Gasteiger charge is -2.64. The number of fused-ring (bicyclic) bond motifs is 3. The Bertz CT molecular complexity index is 1360. The van der Waals surface area contributed by atoms with Gasteiger partial charge in [0.2, 0.25) is 0 Å². The van der Waals surface area contributed by atoms with Gasteiger partial charge < -0.3 is 33.7 Å². The second kappa shape index (κ2) is 10.3. The van der Waals surface area contributed by atoms with Gasteiger partial charge >= 0.3 is 17.6 Å². The molecule has 4 saturated carbocycles. The van der Waals surface area contributed by atoms with Crippen LogP contribution in [0.1, 0.15) is 83.6 Å². The molecular formula is C34H49N3O7. The average Bonchev–Trinajstić information content (AvgIpc) is 3.73. The molecule has 44 heavy (non-hydrogen) atoms. The highest BCUT2D eigenvalue weighted by Crippen LogP contribution is 2.78. The molecule has 10 atom stereocenters. The molecule has 10 heteroatoms. The fourth-order valence-electron chi connectivity index (χ4n) is 11.0. The molecule has 2 amide bonds. The predicted molar refractivity (Wildman–Crippen MR) is 162 cm³/mol. The molecule has 2 saturated heterocycles. The van der Waals surface area contributed by atoms with Gasteiger partial charge in [0, 0.05) is 57.0 Å². The fraction of sp³-hybridized carbons (Fsp3) is 0.794. The minimum Gasteiger partial charge on any atom is -0.459 e. The Morgan fingerprint density at radius 1 is 1.02 bits per heavy atom. The first kappa shape index (κ1) is 30.2. The lowest BCUT2D eigenvalue weighted by atomic mass is 9.42. The number of likely N-dealkylation sites (N-methyl/N-ethyl adjacent to an activating group) is 1. The zero-order chi connectivity index (χ0) is 31.2. The van der Waals surface area contributed by atoms with Crippen molar-refractivity contribution in [2.24, 2.45) is 22.7 Å². The molecule has 3 heterocycles. The van der Waals surface area contributed by atoms with Gasteiger partial charge in [-0.15, -0.1) is 0 Å². The van der Waals surface area contributed by atoms with E-state index in [0.717, 1.165) is 70.3 Å². The van der Waals surface area contributed by atoms with Crippen molar-refractivity contribution in [2.75, 3.05) is 40.3 Å². The van der Waals surface area contributed by atoms with Crippen molar-refractivity contribution >= 4 is 12.0 Å². The summed E-state index contributed by atoms with van der Waals surface area (Å²) in [4.78, 5) is 43.9. The van der Waals surface area contributed by atoms with Gasteiger partial charge in [0.15, 0.2) is 0 Å². The van der Waals surface area contributed by atoms with E-state index in [2.05, 4.69) is 25.8 Å². The van der Waals surface area contributed by atoms with Crippen LogP contribution in [0.4, 0.5) is 4.79 Å². The summed E-state index contributed by atoms with van der Waals surface area (Å²) < 4.78 is 18.0. The van der Waals surface area contributed by atoms with Crippen LogP contribution >= 0.6 is 0 Å². The highest BCUT2D eigenvalue weighted by atomic mass is 16.7. The lowest BCUT2D eigenvalue weighted by Crippen LogP contribution is -2.66. The summed E-state index contributed by atoms with van der Waals surface area (Å²) in [5, 5.41) is 12.5. The smallest absolute Gasteiger partial charge is 0.335 e. The van der Waals surface area contributed by atoms with Crippen molar-refractivity contribution in [1.82, 2.24) is 14.7 Å². The summed E-state index contributed by atoms with van der Waals surface area (Å²) in [5.74, 6) is 0.00222. The van der Waals surface area contributed by atoms with Crippen LogP contribution in [0, 0.1) is 22.7 Å². The molecule has 0 bridgehead atoms. The van der Waals surface area contributed by atoms with Crippen molar-refractivity contribution in [1.29, 1.82) is 0 Å². The molecule has 1 aromatic rings. The van der Waals surface area contributed by atoms with E-state index in [4.69, 9.17) is 13.9 Å². The topological polar surface area (TPSA) is 116 Å². The minimum atomic E-state index is -0.866.